The summed E-state index contributed by atoms with van der Waals surface area (Å²) in [7, 11) is 0. The molecule has 5 nitrogen and oxygen atoms in total. The van der Waals surface area contributed by atoms with Gasteiger partial charge < -0.3 is 9.26 Å². The van der Waals surface area contributed by atoms with Crippen LogP contribution in [-0.4, -0.2) is 41.6 Å². The summed E-state index contributed by atoms with van der Waals surface area (Å²) in [6, 6.07) is 9.55. The molecule has 1 saturated heterocycles. The van der Waals surface area contributed by atoms with Crippen LogP contribution in [0.15, 0.2) is 34.9 Å². The van der Waals surface area contributed by atoms with Gasteiger partial charge in [0.15, 0.2) is 5.78 Å². The van der Waals surface area contributed by atoms with Crippen LogP contribution in [0.5, 0.6) is 0 Å². The molecule has 1 fully saturated rings. The highest BCUT2D eigenvalue weighted by Crippen LogP contribution is 2.21. The van der Waals surface area contributed by atoms with Crippen LogP contribution in [0.25, 0.3) is 0 Å². The van der Waals surface area contributed by atoms with E-state index in [0.717, 1.165) is 42.1 Å². The number of hydrogen-bond acceptors (Lipinski definition) is 5. The summed E-state index contributed by atoms with van der Waals surface area (Å²) in [5.41, 5.74) is 2.92. The number of carbonyl (C=O) groups excluding carboxylic acids is 1. The number of ether oxygens (including phenoxy) is 1. The van der Waals surface area contributed by atoms with E-state index in [1.165, 1.54) is 0 Å². The van der Waals surface area contributed by atoms with Gasteiger partial charge in [-0.1, -0.05) is 42.4 Å². The van der Waals surface area contributed by atoms with Crippen LogP contribution in [0.3, 0.4) is 0 Å². The second kappa shape index (κ2) is 7.73. The Morgan fingerprint density at radius 3 is 2.88 bits per heavy atom. The molecule has 1 aromatic heterocycles. The van der Waals surface area contributed by atoms with E-state index in [2.05, 4.69) is 17.0 Å². The molecule has 0 amide bonds. The van der Waals surface area contributed by atoms with E-state index < -0.39 is 0 Å². The molecular weight excluding hydrogens is 304 g/mol. The van der Waals surface area contributed by atoms with E-state index in [4.69, 9.17) is 9.26 Å². The molecule has 1 atom stereocenters. The standard InChI is InChI=1S/C19H24N2O3/c1-3-18-17(14(2)24-20-18)12-21-9-10-23-13-16(21)11-19(22)15-7-5-4-6-8-15/h4-8,16H,3,9-13H2,1-2H3/t16-/m1/s1. The maximum absolute atomic E-state index is 12.5. The lowest BCUT2D eigenvalue weighted by molar-refractivity contribution is -0.0128. The lowest BCUT2D eigenvalue weighted by Crippen LogP contribution is -2.46. The average Bonchev–Trinajstić information content (AvgIpc) is 2.97. The van der Waals surface area contributed by atoms with Crippen molar-refractivity contribution in [3.63, 3.8) is 0 Å². The topological polar surface area (TPSA) is 55.6 Å². The summed E-state index contributed by atoms with van der Waals surface area (Å²) < 4.78 is 11.0. The number of morpholine rings is 1. The van der Waals surface area contributed by atoms with Crippen molar-refractivity contribution in [2.24, 2.45) is 0 Å². The van der Waals surface area contributed by atoms with Gasteiger partial charge in [0.1, 0.15) is 5.76 Å². The van der Waals surface area contributed by atoms with Crippen LogP contribution in [0.4, 0.5) is 0 Å². The van der Waals surface area contributed by atoms with Crippen molar-refractivity contribution in [3.8, 4) is 0 Å². The Labute approximate surface area is 142 Å². The first-order valence-corrected chi connectivity index (χ1v) is 8.53. The summed E-state index contributed by atoms with van der Waals surface area (Å²) in [6.07, 6.45) is 1.32. The molecule has 24 heavy (non-hydrogen) atoms. The zero-order valence-electron chi connectivity index (χ0n) is 14.3. The molecule has 0 spiro atoms. The lowest BCUT2D eigenvalue weighted by Gasteiger charge is -2.35. The van der Waals surface area contributed by atoms with E-state index in [0.29, 0.717) is 19.6 Å². The van der Waals surface area contributed by atoms with Gasteiger partial charge in [0, 0.05) is 36.7 Å². The van der Waals surface area contributed by atoms with E-state index in [-0.39, 0.29) is 11.8 Å². The van der Waals surface area contributed by atoms with Gasteiger partial charge in [0.05, 0.1) is 18.9 Å². The van der Waals surface area contributed by atoms with Crippen molar-refractivity contribution in [3.05, 3.63) is 52.9 Å². The fraction of sp³-hybridized carbons (Fsp3) is 0.474. The monoisotopic (exact) mass is 328 g/mol. The minimum Gasteiger partial charge on any atom is -0.378 e. The number of Topliss-reactive ketones (excluding diaryl/α,β-unsaturated/α-hetero) is 1. The van der Waals surface area contributed by atoms with Crippen LogP contribution < -0.4 is 0 Å². The van der Waals surface area contributed by atoms with Crippen LogP contribution in [0.1, 0.15) is 40.7 Å². The zero-order valence-corrected chi connectivity index (χ0v) is 14.3. The summed E-state index contributed by atoms with van der Waals surface area (Å²) in [4.78, 5) is 14.9. The van der Waals surface area contributed by atoms with Crippen LogP contribution in [0, 0.1) is 6.92 Å². The smallest absolute Gasteiger partial charge is 0.164 e. The van der Waals surface area contributed by atoms with Gasteiger partial charge in [-0.05, 0) is 13.3 Å². The quantitative estimate of drug-likeness (QED) is 0.763. The number of rotatable bonds is 6. The summed E-state index contributed by atoms with van der Waals surface area (Å²) in [6.45, 7) is 6.89. The normalized spacial score (nSPS) is 18.7. The first kappa shape index (κ1) is 16.9. The van der Waals surface area contributed by atoms with E-state index in [1.807, 2.05) is 37.3 Å². The number of carbonyl (C=O) groups is 1. The van der Waals surface area contributed by atoms with Gasteiger partial charge in [-0.2, -0.15) is 0 Å². The van der Waals surface area contributed by atoms with Gasteiger partial charge >= 0.3 is 0 Å². The summed E-state index contributed by atoms with van der Waals surface area (Å²) in [5.74, 6) is 1.03. The molecule has 0 radical (unpaired) electrons. The van der Waals surface area contributed by atoms with Crippen LogP contribution in [-0.2, 0) is 17.7 Å². The van der Waals surface area contributed by atoms with Crippen molar-refractivity contribution in [1.82, 2.24) is 10.1 Å². The molecule has 0 saturated carbocycles. The van der Waals surface area contributed by atoms with Gasteiger partial charge in [-0.3, -0.25) is 9.69 Å². The molecule has 5 heteroatoms. The van der Waals surface area contributed by atoms with Crippen molar-refractivity contribution in [2.45, 2.75) is 39.3 Å². The predicted octanol–water partition coefficient (Wildman–Crippen LogP) is 3.02. The van der Waals surface area contributed by atoms with Gasteiger partial charge in [-0.15, -0.1) is 0 Å². The number of hydrogen-bond donors (Lipinski definition) is 0. The van der Waals surface area contributed by atoms with Gasteiger partial charge in [0.2, 0.25) is 0 Å². The van der Waals surface area contributed by atoms with Crippen LogP contribution >= 0.6 is 0 Å². The minimum atomic E-state index is 0.0884. The number of ketones is 1. The Bertz CT molecular complexity index is 681. The van der Waals surface area contributed by atoms with Gasteiger partial charge in [0.25, 0.3) is 0 Å². The molecule has 1 aliphatic rings. The predicted molar refractivity (Wildman–Crippen MR) is 91.0 cm³/mol. The summed E-state index contributed by atoms with van der Waals surface area (Å²) >= 11 is 0. The van der Waals surface area contributed by atoms with Gasteiger partial charge in [-0.25, -0.2) is 0 Å². The van der Waals surface area contributed by atoms with Crippen molar-refractivity contribution < 1.29 is 14.1 Å². The van der Waals surface area contributed by atoms with E-state index >= 15 is 0 Å². The van der Waals surface area contributed by atoms with Crippen molar-refractivity contribution in [2.75, 3.05) is 19.8 Å². The zero-order chi connectivity index (χ0) is 16.9. The fourth-order valence-electron chi connectivity index (χ4n) is 3.16. The minimum absolute atomic E-state index is 0.0884. The van der Waals surface area contributed by atoms with Crippen LogP contribution in [0.2, 0.25) is 0 Å². The Hall–Kier alpha value is -1.98. The SMILES string of the molecule is CCc1noc(C)c1CN1CCOC[C@H]1CC(=O)c1ccccc1. The maximum Gasteiger partial charge on any atom is 0.164 e. The molecule has 0 aliphatic carbocycles. The molecule has 1 aromatic carbocycles. The van der Waals surface area contributed by atoms with Crippen molar-refractivity contribution in [1.29, 1.82) is 0 Å². The summed E-state index contributed by atoms with van der Waals surface area (Å²) in [5, 5.41) is 4.13. The lowest BCUT2D eigenvalue weighted by atomic mass is 10.0. The second-order valence-electron chi connectivity index (χ2n) is 6.21. The molecule has 0 bridgehead atoms. The number of aryl methyl sites for hydroxylation is 2. The average molecular weight is 328 g/mol. The Morgan fingerprint density at radius 2 is 2.12 bits per heavy atom. The Kier molecular flexibility index (Phi) is 5.43. The molecule has 0 unspecified atom stereocenters. The highest BCUT2D eigenvalue weighted by molar-refractivity contribution is 5.96. The van der Waals surface area contributed by atoms with Crippen molar-refractivity contribution >= 4 is 5.78 Å². The highest BCUT2D eigenvalue weighted by Gasteiger charge is 2.27. The third kappa shape index (κ3) is 3.74. The number of nitrogens with zero attached hydrogens (tertiary/aromatic N) is 2. The Balaban J connectivity index is 1.71. The number of aromatic nitrogens is 1. The molecular formula is C19H24N2O3. The van der Waals surface area contributed by atoms with E-state index in [1.54, 1.807) is 0 Å². The molecule has 1 aliphatic heterocycles. The third-order valence-electron chi connectivity index (χ3n) is 4.63. The first-order chi connectivity index (χ1) is 11.7. The number of benzene rings is 1. The molecule has 2 aromatic rings. The molecule has 3 rings (SSSR count). The molecule has 0 N–H and O–H groups in total. The third-order valence-corrected chi connectivity index (χ3v) is 4.63. The highest BCUT2D eigenvalue weighted by atomic mass is 16.5. The molecule has 128 valence electrons. The van der Waals surface area contributed by atoms with E-state index in [9.17, 15) is 4.79 Å². The second-order valence-corrected chi connectivity index (χ2v) is 6.21. The molecule has 2 heterocycles. The largest absolute Gasteiger partial charge is 0.378 e. The maximum atomic E-state index is 12.5. The fourth-order valence-corrected chi connectivity index (χ4v) is 3.16. The first-order valence-electron chi connectivity index (χ1n) is 8.53. The Morgan fingerprint density at radius 1 is 1.33 bits per heavy atom.